The lowest BCUT2D eigenvalue weighted by Gasteiger charge is -2.23. The lowest BCUT2D eigenvalue weighted by atomic mass is 9.90. The number of rotatable bonds is 6. The first kappa shape index (κ1) is 17.6. The Bertz CT molecular complexity index is 626. The summed E-state index contributed by atoms with van der Waals surface area (Å²) in [7, 11) is 0. The summed E-state index contributed by atoms with van der Waals surface area (Å²) in [6.07, 6.45) is 8.36. The van der Waals surface area contributed by atoms with Gasteiger partial charge < -0.3 is 20.5 Å². The van der Waals surface area contributed by atoms with Crippen molar-refractivity contribution in [2.75, 3.05) is 13.2 Å². The van der Waals surface area contributed by atoms with Gasteiger partial charge in [0.25, 0.3) is 5.91 Å². The zero-order chi connectivity index (χ0) is 17.6. The molecule has 0 aromatic heterocycles. The van der Waals surface area contributed by atoms with Crippen molar-refractivity contribution >= 4 is 12.3 Å². The van der Waals surface area contributed by atoms with Crippen LogP contribution in [0.5, 0.6) is 11.5 Å². The summed E-state index contributed by atoms with van der Waals surface area (Å²) in [5, 5.41) is 2.80. The number of primary amides is 1. The fraction of sp³-hybridized carbons (Fsp3) is 0.579. The highest BCUT2D eigenvalue weighted by Gasteiger charge is 2.24. The van der Waals surface area contributed by atoms with E-state index >= 15 is 0 Å². The third-order valence-corrected chi connectivity index (χ3v) is 5.12. The Morgan fingerprint density at radius 1 is 1.24 bits per heavy atom. The first-order chi connectivity index (χ1) is 12.2. The van der Waals surface area contributed by atoms with E-state index in [1.165, 1.54) is 32.1 Å². The van der Waals surface area contributed by atoms with E-state index in [1.54, 1.807) is 12.1 Å². The Kier molecular flexibility index (Phi) is 5.79. The van der Waals surface area contributed by atoms with Gasteiger partial charge >= 0.3 is 0 Å². The first-order valence-corrected chi connectivity index (χ1v) is 9.12. The molecular weight excluding hydrogens is 320 g/mol. The first-order valence-electron chi connectivity index (χ1n) is 9.12. The van der Waals surface area contributed by atoms with Gasteiger partial charge in [0.15, 0.2) is 0 Å². The molecule has 1 aliphatic heterocycles. The van der Waals surface area contributed by atoms with Crippen molar-refractivity contribution in [3.63, 3.8) is 0 Å². The SMILES string of the molecule is NC(=O)c1cc2c(cc1OCC1CCCCC1)OCCCC2NC=O. The number of fused-ring (bicyclic) bond motifs is 1. The number of nitrogens with two attached hydrogens (primary N) is 1. The van der Waals surface area contributed by atoms with Crippen LogP contribution in [0.2, 0.25) is 0 Å². The summed E-state index contributed by atoms with van der Waals surface area (Å²) in [4.78, 5) is 22.8. The van der Waals surface area contributed by atoms with Crippen LogP contribution >= 0.6 is 0 Å². The van der Waals surface area contributed by atoms with Gasteiger partial charge in [-0.1, -0.05) is 19.3 Å². The average molecular weight is 346 g/mol. The second kappa shape index (κ2) is 8.23. The molecule has 1 heterocycles. The van der Waals surface area contributed by atoms with E-state index < -0.39 is 5.91 Å². The quantitative estimate of drug-likeness (QED) is 0.775. The molecule has 1 atom stereocenters. The highest BCUT2D eigenvalue weighted by atomic mass is 16.5. The molecule has 1 aromatic rings. The van der Waals surface area contributed by atoms with E-state index in [9.17, 15) is 9.59 Å². The predicted octanol–water partition coefficient (Wildman–Crippen LogP) is 2.70. The summed E-state index contributed by atoms with van der Waals surface area (Å²) >= 11 is 0. The number of ether oxygens (including phenoxy) is 2. The standard InChI is InChI=1S/C19H26N2O4/c20-19(23)15-9-14-16(21-12-22)7-4-8-24-17(14)10-18(15)25-11-13-5-2-1-3-6-13/h9-10,12-13,16H,1-8,11H2,(H2,20,23)(H,21,22). The molecular formula is C19H26N2O4. The maximum Gasteiger partial charge on any atom is 0.252 e. The van der Waals surface area contributed by atoms with Crippen LogP contribution in [0.3, 0.4) is 0 Å². The van der Waals surface area contributed by atoms with Crippen LogP contribution in [0.15, 0.2) is 12.1 Å². The fourth-order valence-electron chi connectivity index (χ4n) is 3.73. The minimum atomic E-state index is -0.532. The molecule has 6 nitrogen and oxygen atoms in total. The van der Waals surface area contributed by atoms with Gasteiger partial charge in [-0.3, -0.25) is 9.59 Å². The molecule has 0 radical (unpaired) electrons. The molecule has 0 bridgehead atoms. The van der Waals surface area contributed by atoms with Crippen molar-refractivity contribution in [3.8, 4) is 11.5 Å². The summed E-state index contributed by atoms with van der Waals surface area (Å²) in [5.74, 6) is 1.12. The van der Waals surface area contributed by atoms with Crippen molar-refractivity contribution in [2.24, 2.45) is 11.7 Å². The molecule has 1 fully saturated rings. The zero-order valence-corrected chi connectivity index (χ0v) is 14.5. The van der Waals surface area contributed by atoms with E-state index in [0.29, 0.717) is 42.6 Å². The summed E-state index contributed by atoms with van der Waals surface area (Å²) in [5.41, 5.74) is 6.69. The van der Waals surface area contributed by atoms with Crippen LogP contribution in [0.1, 0.15) is 66.9 Å². The maximum absolute atomic E-state index is 11.9. The van der Waals surface area contributed by atoms with Gasteiger partial charge in [0.1, 0.15) is 11.5 Å². The fourth-order valence-corrected chi connectivity index (χ4v) is 3.73. The van der Waals surface area contributed by atoms with E-state index in [4.69, 9.17) is 15.2 Å². The number of hydrogen-bond acceptors (Lipinski definition) is 4. The van der Waals surface area contributed by atoms with Gasteiger partial charge in [-0.25, -0.2) is 0 Å². The molecule has 25 heavy (non-hydrogen) atoms. The van der Waals surface area contributed by atoms with Crippen molar-refractivity contribution in [1.29, 1.82) is 0 Å². The van der Waals surface area contributed by atoms with Crippen LogP contribution in [0.25, 0.3) is 0 Å². The zero-order valence-electron chi connectivity index (χ0n) is 14.5. The van der Waals surface area contributed by atoms with Gasteiger partial charge in [0, 0.05) is 11.6 Å². The molecule has 1 aromatic carbocycles. The number of amides is 2. The minimum absolute atomic E-state index is 0.180. The van der Waals surface area contributed by atoms with Crippen molar-refractivity contribution in [3.05, 3.63) is 23.3 Å². The smallest absolute Gasteiger partial charge is 0.252 e. The van der Waals surface area contributed by atoms with Crippen LogP contribution in [-0.2, 0) is 4.79 Å². The molecule has 2 amide bonds. The normalized spacial score (nSPS) is 20.7. The molecule has 6 heteroatoms. The molecule has 136 valence electrons. The molecule has 3 rings (SSSR count). The number of carbonyl (C=O) groups is 2. The van der Waals surface area contributed by atoms with Gasteiger partial charge in [0.05, 0.1) is 24.8 Å². The maximum atomic E-state index is 11.9. The van der Waals surface area contributed by atoms with Gasteiger partial charge in [-0.15, -0.1) is 0 Å². The second-order valence-corrected chi connectivity index (χ2v) is 6.89. The highest BCUT2D eigenvalue weighted by molar-refractivity contribution is 5.96. The molecule has 1 saturated carbocycles. The third kappa shape index (κ3) is 4.24. The van der Waals surface area contributed by atoms with Gasteiger partial charge in [-0.05, 0) is 37.7 Å². The Balaban J connectivity index is 1.85. The average Bonchev–Trinajstić information content (AvgIpc) is 2.82. The van der Waals surface area contributed by atoms with Crippen LogP contribution < -0.4 is 20.5 Å². The molecule has 3 N–H and O–H groups in total. The van der Waals surface area contributed by atoms with E-state index in [1.807, 2.05) is 0 Å². The Hall–Kier alpha value is -2.24. The number of hydrogen-bond donors (Lipinski definition) is 2. The highest BCUT2D eigenvalue weighted by Crippen LogP contribution is 2.37. The molecule has 2 aliphatic rings. The number of benzene rings is 1. The van der Waals surface area contributed by atoms with E-state index in [2.05, 4.69) is 5.32 Å². The molecule has 1 unspecified atom stereocenters. The Morgan fingerprint density at radius 3 is 2.76 bits per heavy atom. The Labute approximate surface area is 148 Å². The lowest BCUT2D eigenvalue weighted by molar-refractivity contribution is -0.110. The number of carbonyl (C=O) groups excluding carboxylic acids is 2. The van der Waals surface area contributed by atoms with Crippen LogP contribution in [0.4, 0.5) is 0 Å². The Morgan fingerprint density at radius 2 is 2.04 bits per heavy atom. The summed E-state index contributed by atoms with van der Waals surface area (Å²) in [6.45, 7) is 1.16. The van der Waals surface area contributed by atoms with Gasteiger partial charge in [-0.2, -0.15) is 0 Å². The topological polar surface area (TPSA) is 90.7 Å². The van der Waals surface area contributed by atoms with Crippen LogP contribution in [-0.4, -0.2) is 25.5 Å². The van der Waals surface area contributed by atoms with Crippen LogP contribution in [0, 0.1) is 5.92 Å². The molecule has 0 saturated heterocycles. The third-order valence-electron chi connectivity index (χ3n) is 5.12. The van der Waals surface area contributed by atoms with E-state index in [0.717, 1.165) is 18.4 Å². The molecule has 0 spiro atoms. The lowest BCUT2D eigenvalue weighted by Crippen LogP contribution is -2.21. The van der Waals surface area contributed by atoms with Gasteiger partial charge in [0.2, 0.25) is 6.41 Å². The molecule has 1 aliphatic carbocycles. The summed E-state index contributed by atoms with van der Waals surface area (Å²) in [6, 6.07) is 3.28. The predicted molar refractivity (Wildman–Crippen MR) is 93.7 cm³/mol. The van der Waals surface area contributed by atoms with E-state index in [-0.39, 0.29) is 6.04 Å². The van der Waals surface area contributed by atoms with Crippen molar-refractivity contribution < 1.29 is 19.1 Å². The van der Waals surface area contributed by atoms with Crippen molar-refractivity contribution in [1.82, 2.24) is 5.32 Å². The second-order valence-electron chi connectivity index (χ2n) is 6.89. The largest absolute Gasteiger partial charge is 0.493 e. The monoisotopic (exact) mass is 346 g/mol. The minimum Gasteiger partial charge on any atom is -0.493 e. The summed E-state index contributed by atoms with van der Waals surface area (Å²) < 4.78 is 11.8. The van der Waals surface area contributed by atoms with Crippen molar-refractivity contribution in [2.45, 2.75) is 51.0 Å². The number of nitrogens with one attached hydrogen (secondary N) is 1.